The summed E-state index contributed by atoms with van der Waals surface area (Å²) in [7, 11) is 1.32. The van der Waals surface area contributed by atoms with Gasteiger partial charge in [-0.05, 0) is 25.0 Å². The fourth-order valence-corrected chi connectivity index (χ4v) is 3.42. The monoisotopic (exact) mass is 343 g/mol. The molecule has 0 fully saturated rings. The van der Waals surface area contributed by atoms with Crippen LogP contribution in [-0.2, 0) is 22.4 Å². The van der Waals surface area contributed by atoms with E-state index < -0.39 is 5.97 Å². The van der Waals surface area contributed by atoms with E-state index in [1.54, 1.807) is 6.26 Å². The highest BCUT2D eigenvalue weighted by Gasteiger charge is 2.16. The lowest BCUT2D eigenvalue weighted by Gasteiger charge is -2.01. The summed E-state index contributed by atoms with van der Waals surface area (Å²) in [6.07, 6.45) is 3.57. The van der Waals surface area contributed by atoms with Gasteiger partial charge in [0.05, 0.1) is 26.0 Å². The number of rotatable bonds is 5. The molecule has 0 bridgehead atoms. The smallest absolute Gasteiger partial charge is 0.349 e. The summed E-state index contributed by atoms with van der Waals surface area (Å²) in [5, 5.41) is 1.58. The molecule has 2 heterocycles. The third-order valence-electron chi connectivity index (χ3n) is 4.02. The Kier molecular flexibility index (Phi) is 4.49. The van der Waals surface area contributed by atoms with E-state index in [1.165, 1.54) is 24.6 Å². The second-order valence-corrected chi connectivity index (χ2v) is 6.76. The van der Waals surface area contributed by atoms with Crippen LogP contribution in [-0.4, -0.2) is 23.8 Å². The number of ketones is 1. The number of thiazole rings is 1. The van der Waals surface area contributed by atoms with E-state index in [4.69, 9.17) is 4.42 Å². The molecule has 0 saturated heterocycles. The Morgan fingerprint density at radius 2 is 2.04 bits per heavy atom. The van der Waals surface area contributed by atoms with Crippen molar-refractivity contribution in [2.45, 2.75) is 26.7 Å². The van der Waals surface area contributed by atoms with Crippen molar-refractivity contribution >= 4 is 34.1 Å². The second kappa shape index (κ2) is 6.57. The van der Waals surface area contributed by atoms with Crippen molar-refractivity contribution in [2.24, 2.45) is 0 Å². The molecule has 0 N–H and O–H groups in total. The van der Waals surface area contributed by atoms with Gasteiger partial charge in [-0.1, -0.05) is 12.1 Å². The number of furan rings is 1. The molecule has 0 radical (unpaired) electrons. The van der Waals surface area contributed by atoms with E-state index in [0.29, 0.717) is 9.88 Å². The Morgan fingerprint density at radius 3 is 2.79 bits per heavy atom. The third-order valence-corrected chi connectivity index (χ3v) is 5.00. The molecule has 0 amide bonds. The molecule has 6 heteroatoms. The fourth-order valence-electron chi connectivity index (χ4n) is 2.56. The highest BCUT2D eigenvalue weighted by atomic mass is 32.1. The van der Waals surface area contributed by atoms with Gasteiger partial charge in [0, 0.05) is 17.4 Å². The van der Waals surface area contributed by atoms with Gasteiger partial charge < -0.3 is 9.15 Å². The Hall–Kier alpha value is -2.47. The zero-order chi connectivity index (χ0) is 17.3. The number of aromatic nitrogens is 1. The molecule has 124 valence electrons. The first-order valence-corrected chi connectivity index (χ1v) is 8.32. The molecule has 0 aliphatic rings. The molecule has 1 aromatic carbocycles. The van der Waals surface area contributed by atoms with Crippen LogP contribution in [0, 0.1) is 13.8 Å². The van der Waals surface area contributed by atoms with E-state index in [0.717, 1.165) is 27.7 Å². The van der Waals surface area contributed by atoms with Crippen LogP contribution in [0.2, 0.25) is 0 Å². The molecule has 3 rings (SSSR count). The summed E-state index contributed by atoms with van der Waals surface area (Å²) in [6, 6.07) is 4.02. The lowest BCUT2D eigenvalue weighted by atomic mass is 10.0. The van der Waals surface area contributed by atoms with Gasteiger partial charge in [-0.3, -0.25) is 4.79 Å². The summed E-state index contributed by atoms with van der Waals surface area (Å²) in [5.74, 6) is -0.403. The largest absolute Gasteiger partial charge is 0.465 e. The van der Waals surface area contributed by atoms with Crippen LogP contribution >= 0.6 is 11.3 Å². The van der Waals surface area contributed by atoms with Crippen molar-refractivity contribution in [3.8, 4) is 0 Å². The lowest BCUT2D eigenvalue weighted by Crippen LogP contribution is -2.05. The van der Waals surface area contributed by atoms with Crippen molar-refractivity contribution in [1.29, 1.82) is 0 Å². The standard InChI is InChI=1S/C18H17NO4S/c1-10-4-5-14-12(9-23-17(14)11(10)2)6-13(20)7-16-19-8-15(24-16)18(21)22-3/h4-5,8-9H,6-7H2,1-3H3. The van der Waals surface area contributed by atoms with Gasteiger partial charge in [0.25, 0.3) is 0 Å². The summed E-state index contributed by atoms with van der Waals surface area (Å²) in [4.78, 5) is 28.3. The average Bonchev–Trinajstić information content (AvgIpc) is 3.18. The molecule has 5 nitrogen and oxygen atoms in total. The highest BCUT2D eigenvalue weighted by Crippen LogP contribution is 2.27. The Bertz CT molecular complexity index is 922. The number of ether oxygens (including phenoxy) is 1. The Labute approximate surface area is 143 Å². The fraction of sp³-hybridized carbons (Fsp3) is 0.278. The number of Topliss-reactive ketones (excluding diaryl/α,β-unsaturated/α-hetero) is 1. The molecule has 0 saturated carbocycles. The van der Waals surface area contributed by atoms with Crippen molar-refractivity contribution in [3.05, 3.63) is 51.2 Å². The maximum absolute atomic E-state index is 12.3. The number of aryl methyl sites for hydroxylation is 2. The lowest BCUT2D eigenvalue weighted by molar-refractivity contribution is -0.117. The number of fused-ring (bicyclic) bond motifs is 1. The minimum Gasteiger partial charge on any atom is -0.465 e. The first-order chi connectivity index (χ1) is 11.5. The minimum absolute atomic E-state index is 0.0293. The summed E-state index contributed by atoms with van der Waals surface area (Å²) < 4.78 is 10.3. The first kappa shape index (κ1) is 16.4. The predicted molar refractivity (Wildman–Crippen MR) is 91.6 cm³/mol. The molecule has 0 spiro atoms. The third kappa shape index (κ3) is 3.10. The van der Waals surface area contributed by atoms with Crippen LogP contribution in [0.15, 0.2) is 29.0 Å². The number of carbonyl (C=O) groups excluding carboxylic acids is 2. The van der Waals surface area contributed by atoms with Gasteiger partial charge in [-0.15, -0.1) is 11.3 Å². The molecule has 0 aliphatic carbocycles. The minimum atomic E-state index is -0.433. The van der Waals surface area contributed by atoms with Gasteiger partial charge >= 0.3 is 5.97 Å². The Morgan fingerprint density at radius 1 is 1.25 bits per heavy atom. The van der Waals surface area contributed by atoms with E-state index in [2.05, 4.69) is 9.72 Å². The summed E-state index contributed by atoms with van der Waals surface area (Å²) in [6.45, 7) is 4.04. The Balaban J connectivity index is 1.75. The van der Waals surface area contributed by atoms with Gasteiger partial charge in [0.1, 0.15) is 21.3 Å². The number of carbonyl (C=O) groups is 2. The molecule has 0 aliphatic heterocycles. The van der Waals surface area contributed by atoms with Crippen LogP contribution in [0.5, 0.6) is 0 Å². The molecular formula is C18H17NO4S. The maximum atomic E-state index is 12.3. The molecular weight excluding hydrogens is 326 g/mol. The molecule has 3 aromatic rings. The number of nitrogens with zero attached hydrogens (tertiary/aromatic N) is 1. The topological polar surface area (TPSA) is 69.4 Å². The van der Waals surface area contributed by atoms with Crippen LogP contribution < -0.4 is 0 Å². The SMILES string of the molecule is COC(=O)c1cnc(CC(=O)Cc2coc3c(C)c(C)ccc23)s1. The van der Waals surface area contributed by atoms with Gasteiger partial charge in [-0.25, -0.2) is 9.78 Å². The first-order valence-electron chi connectivity index (χ1n) is 7.50. The average molecular weight is 343 g/mol. The van der Waals surface area contributed by atoms with Crippen LogP contribution in [0.25, 0.3) is 11.0 Å². The number of hydrogen-bond donors (Lipinski definition) is 0. The van der Waals surface area contributed by atoms with E-state index in [9.17, 15) is 9.59 Å². The van der Waals surface area contributed by atoms with E-state index in [1.807, 2.05) is 26.0 Å². The summed E-state index contributed by atoms with van der Waals surface area (Å²) in [5.41, 5.74) is 3.96. The summed E-state index contributed by atoms with van der Waals surface area (Å²) >= 11 is 1.18. The normalized spacial score (nSPS) is 11.0. The van der Waals surface area contributed by atoms with Gasteiger partial charge in [0.15, 0.2) is 0 Å². The zero-order valence-electron chi connectivity index (χ0n) is 13.7. The number of benzene rings is 1. The van der Waals surface area contributed by atoms with Crippen LogP contribution in [0.4, 0.5) is 0 Å². The van der Waals surface area contributed by atoms with Crippen molar-refractivity contribution in [2.75, 3.05) is 7.11 Å². The molecule has 0 atom stereocenters. The van der Waals surface area contributed by atoms with Gasteiger partial charge in [-0.2, -0.15) is 0 Å². The zero-order valence-corrected chi connectivity index (χ0v) is 14.5. The van der Waals surface area contributed by atoms with E-state index in [-0.39, 0.29) is 18.6 Å². The highest BCUT2D eigenvalue weighted by molar-refractivity contribution is 7.13. The maximum Gasteiger partial charge on any atom is 0.349 e. The van der Waals surface area contributed by atoms with Crippen LogP contribution in [0.1, 0.15) is 31.4 Å². The predicted octanol–water partition coefficient (Wildman–Crippen LogP) is 3.65. The number of hydrogen-bond acceptors (Lipinski definition) is 6. The quantitative estimate of drug-likeness (QED) is 0.662. The number of methoxy groups -OCH3 is 1. The van der Waals surface area contributed by atoms with Crippen LogP contribution in [0.3, 0.4) is 0 Å². The van der Waals surface area contributed by atoms with Crippen molar-refractivity contribution in [1.82, 2.24) is 4.98 Å². The molecule has 0 unspecified atom stereocenters. The molecule has 24 heavy (non-hydrogen) atoms. The molecule has 2 aromatic heterocycles. The van der Waals surface area contributed by atoms with Crippen molar-refractivity contribution in [3.63, 3.8) is 0 Å². The van der Waals surface area contributed by atoms with Gasteiger partial charge in [0.2, 0.25) is 0 Å². The number of esters is 1. The second-order valence-electron chi connectivity index (χ2n) is 5.65. The van der Waals surface area contributed by atoms with E-state index >= 15 is 0 Å². The van der Waals surface area contributed by atoms with Crippen molar-refractivity contribution < 1.29 is 18.7 Å².